The van der Waals surface area contributed by atoms with Crippen LogP contribution in [0.4, 0.5) is 4.39 Å². The van der Waals surface area contributed by atoms with Gasteiger partial charge in [0.25, 0.3) is 5.91 Å². The largest absolute Gasteiger partial charge is 0.352 e. The molecule has 0 radical (unpaired) electrons. The molecule has 0 aliphatic carbocycles. The van der Waals surface area contributed by atoms with Crippen LogP contribution in [0.1, 0.15) is 40.2 Å². The quantitative estimate of drug-likeness (QED) is 0.664. The number of hydrogen-bond donors (Lipinski definition) is 1. The Bertz CT molecular complexity index is 1120. The number of aryl methyl sites for hydroxylation is 2. The molecule has 1 fully saturated rings. The number of rotatable bonds is 5. The minimum Gasteiger partial charge on any atom is -0.352 e. The highest BCUT2D eigenvalue weighted by Gasteiger charge is 2.29. The summed E-state index contributed by atoms with van der Waals surface area (Å²) in [7, 11) is 0. The maximum Gasteiger partial charge on any atom is 0.274 e. The van der Waals surface area contributed by atoms with Gasteiger partial charge in [-0.2, -0.15) is 5.10 Å². The van der Waals surface area contributed by atoms with Crippen LogP contribution in [0.5, 0.6) is 0 Å². The number of hydrogen-bond acceptors (Lipinski definition) is 3. The van der Waals surface area contributed by atoms with E-state index < -0.39 is 0 Å². The van der Waals surface area contributed by atoms with E-state index in [1.807, 2.05) is 43.3 Å². The van der Waals surface area contributed by atoms with Crippen molar-refractivity contribution in [1.82, 2.24) is 20.0 Å². The highest BCUT2D eigenvalue weighted by Crippen LogP contribution is 2.20. The molecule has 1 aliphatic heterocycles. The minimum atomic E-state index is -0.270. The van der Waals surface area contributed by atoms with E-state index in [0.717, 1.165) is 16.9 Å². The lowest BCUT2D eigenvalue weighted by molar-refractivity contribution is -0.126. The lowest BCUT2D eigenvalue weighted by atomic mass is 9.95. The number of para-hydroxylation sites is 1. The first kappa shape index (κ1) is 21.7. The first-order valence-electron chi connectivity index (χ1n) is 10.9. The topological polar surface area (TPSA) is 67.2 Å². The van der Waals surface area contributed by atoms with Crippen LogP contribution in [-0.2, 0) is 11.3 Å². The van der Waals surface area contributed by atoms with Crippen molar-refractivity contribution in [2.45, 2.75) is 33.2 Å². The van der Waals surface area contributed by atoms with E-state index in [0.29, 0.717) is 43.7 Å². The molecule has 0 spiro atoms. The highest BCUT2D eigenvalue weighted by molar-refractivity contribution is 5.92. The van der Waals surface area contributed by atoms with Crippen LogP contribution in [0.2, 0.25) is 0 Å². The molecule has 0 bridgehead atoms. The van der Waals surface area contributed by atoms with Crippen molar-refractivity contribution < 1.29 is 14.0 Å². The van der Waals surface area contributed by atoms with Crippen LogP contribution in [0.15, 0.2) is 54.6 Å². The Morgan fingerprint density at radius 2 is 1.78 bits per heavy atom. The second-order valence-corrected chi connectivity index (χ2v) is 8.29. The number of piperidine rings is 1. The van der Waals surface area contributed by atoms with Gasteiger partial charge in [0.1, 0.15) is 5.82 Å². The molecule has 0 atom stereocenters. The number of carbonyl (C=O) groups is 2. The van der Waals surface area contributed by atoms with Crippen molar-refractivity contribution in [3.05, 3.63) is 82.9 Å². The first-order chi connectivity index (χ1) is 15.4. The number of nitrogens with zero attached hydrogens (tertiary/aromatic N) is 3. The molecule has 2 amide bonds. The summed E-state index contributed by atoms with van der Waals surface area (Å²) in [5.74, 6) is -0.592. The Hall–Kier alpha value is -3.48. The van der Waals surface area contributed by atoms with E-state index >= 15 is 0 Å². The summed E-state index contributed by atoms with van der Waals surface area (Å²) in [4.78, 5) is 27.3. The summed E-state index contributed by atoms with van der Waals surface area (Å²) in [6, 6.07) is 16.5. The Morgan fingerprint density at radius 3 is 2.47 bits per heavy atom. The smallest absolute Gasteiger partial charge is 0.274 e. The number of amides is 2. The minimum absolute atomic E-state index is 0.0534. The molecule has 3 aromatic rings. The molecule has 0 saturated carbocycles. The SMILES string of the molecule is Cc1ccc(CNC(=O)C2CCN(C(=O)c3cc(C)n(-c4ccccc4)n3)CC2)cc1F. The lowest BCUT2D eigenvalue weighted by Crippen LogP contribution is -2.43. The fourth-order valence-electron chi connectivity index (χ4n) is 4.00. The lowest BCUT2D eigenvalue weighted by Gasteiger charge is -2.30. The summed E-state index contributed by atoms with van der Waals surface area (Å²) in [6.07, 6.45) is 1.19. The fourth-order valence-corrected chi connectivity index (χ4v) is 4.00. The Morgan fingerprint density at radius 1 is 1.06 bits per heavy atom. The van der Waals surface area contributed by atoms with Gasteiger partial charge in [0.15, 0.2) is 5.69 Å². The van der Waals surface area contributed by atoms with Gasteiger partial charge >= 0.3 is 0 Å². The standard InChI is InChI=1S/C25H27FN4O2/c1-17-8-9-19(15-22(17)26)16-27-24(31)20-10-12-29(13-11-20)25(32)23-14-18(2)30(28-23)21-6-4-3-5-7-21/h3-9,14-15,20H,10-13,16H2,1-2H3,(H,27,31). The Kier molecular flexibility index (Phi) is 6.35. The highest BCUT2D eigenvalue weighted by atomic mass is 19.1. The molecule has 1 saturated heterocycles. The van der Waals surface area contributed by atoms with Crippen LogP contribution < -0.4 is 5.32 Å². The van der Waals surface area contributed by atoms with Crippen molar-refractivity contribution in [1.29, 1.82) is 0 Å². The second kappa shape index (κ2) is 9.34. The van der Waals surface area contributed by atoms with Gasteiger partial charge in [0.05, 0.1) is 5.69 Å². The molecule has 7 heteroatoms. The molecule has 166 valence electrons. The van der Waals surface area contributed by atoms with Crippen LogP contribution in [0.3, 0.4) is 0 Å². The number of likely N-dealkylation sites (tertiary alicyclic amines) is 1. The normalized spacial score (nSPS) is 14.4. The summed E-state index contributed by atoms with van der Waals surface area (Å²) < 4.78 is 15.4. The van der Waals surface area contributed by atoms with Crippen molar-refractivity contribution >= 4 is 11.8 Å². The molecule has 1 aliphatic rings. The second-order valence-electron chi connectivity index (χ2n) is 8.29. The van der Waals surface area contributed by atoms with E-state index in [-0.39, 0.29) is 23.5 Å². The molecule has 1 aromatic heterocycles. The number of nitrogens with one attached hydrogen (secondary N) is 1. The van der Waals surface area contributed by atoms with E-state index in [9.17, 15) is 14.0 Å². The van der Waals surface area contributed by atoms with Gasteiger partial charge in [-0.15, -0.1) is 0 Å². The Labute approximate surface area is 187 Å². The molecule has 4 rings (SSSR count). The number of carbonyl (C=O) groups excluding carboxylic acids is 2. The molecule has 6 nitrogen and oxygen atoms in total. The molecule has 0 unspecified atom stereocenters. The van der Waals surface area contributed by atoms with E-state index in [1.54, 1.807) is 28.6 Å². The predicted molar refractivity (Wildman–Crippen MR) is 120 cm³/mol. The third-order valence-electron chi connectivity index (χ3n) is 5.96. The first-order valence-corrected chi connectivity index (χ1v) is 10.9. The van der Waals surface area contributed by atoms with Gasteiger partial charge in [0, 0.05) is 31.2 Å². The van der Waals surface area contributed by atoms with Crippen molar-refractivity contribution in [3.8, 4) is 5.69 Å². The number of benzene rings is 2. The third-order valence-corrected chi connectivity index (χ3v) is 5.96. The number of halogens is 1. The van der Waals surface area contributed by atoms with Gasteiger partial charge < -0.3 is 10.2 Å². The monoisotopic (exact) mass is 434 g/mol. The van der Waals surface area contributed by atoms with Crippen molar-refractivity contribution in [3.63, 3.8) is 0 Å². The molecular formula is C25H27FN4O2. The van der Waals surface area contributed by atoms with E-state index in [2.05, 4.69) is 10.4 Å². The summed E-state index contributed by atoms with van der Waals surface area (Å²) in [5, 5.41) is 7.40. The van der Waals surface area contributed by atoms with E-state index in [1.165, 1.54) is 6.07 Å². The summed E-state index contributed by atoms with van der Waals surface area (Å²) >= 11 is 0. The van der Waals surface area contributed by atoms with Gasteiger partial charge in [-0.25, -0.2) is 9.07 Å². The predicted octanol–water partition coefficient (Wildman–Crippen LogP) is 3.80. The van der Waals surface area contributed by atoms with Crippen molar-refractivity contribution in [2.24, 2.45) is 5.92 Å². The average Bonchev–Trinajstić information content (AvgIpc) is 3.21. The molecule has 32 heavy (non-hydrogen) atoms. The van der Waals surface area contributed by atoms with Crippen molar-refractivity contribution in [2.75, 3.05) is 13.1 Å². The fraction of sp³-hybridized carbons (Fsp3) is 0.320. The van der Waals surface area contributed by atoms with Gasteiger partial charge in [-0.1, -0.05) is 30.3 Å². The molecule has 2 heterocycles. The van der Waals surface area contributed by atoms with Gasteiger partial charge in [0.2, 0.25) is 5.91 Å². The van der Waals surface area contributed by atoms with Crippen LogP contribution >= 0.6 is 0 Å². The van der Waals surface area contributed by atoms with Crippen LogP contribution in [-0.4, -0.2) is 39.6 Å². The molecule has 1 N–H and O–H groups in total. The number of aromatic nitrogens is 2. The van der Waals surface area contributed by atoms with Gasteiger partial charge in [-0.3, -0.25) is 9.59 Å². The molecular weight excluding hydrogens is 407 g/mol. The molecule has 2 aromatic carbocycles. The third kappa shape index (κ3) is 4.72. The summed E-state index contributed by atoms with van der Waals surface area (Å²) in [5.41, 5.74) is 3.53. The zero-order valence-corrected chi connectivity index (χ0v) is 18.3. The van der Waals surface area contributed by atoms with Crippen LogP contribution in [0.25, 0.3) is 5.69 Å². The maximum atomic E-state index is 13.7. The zero-order valence-electron chi connectivity index (χ0n) is 18.3. The zero-order chi connectivity index (χ0) is 22.7. The Balaban J connectivity index is 1.32. The average molecular weight is 435 g/mol. The van der Waals surface area contributed by atoms with Gasteiger partial charge in [-0.05, 0) is 62.1 Å². The van der Waals surface area contributed by atoms with Crippen LogP contribution in [0, 0.1) is 25.6 Å². The van der Waals surface area contributed by atoms with E-state index in [4.69, 9.17) is 0 Å². The maximum absolute atomic E-state index is 13.7. The summed E-state index contributed by atoms with van der Waals surface area (Å²) in [6.45, 7) is 4.94.